The van der Waals surface area contributed by atoms with E-state index in [0.717, 1.165) is 3.57 Å². The lowest BCUT2D eigenvalue weighted by Gasteiger charge is -2.36. The summed E-state index contributed by atoms with van der Waals surface area (Å²) in [5.41, 5.74) is 0.614. The van der Waals surface area contributed by atoms with Crippen LogP contribution in [0.1, 0.15) is 13.3 Å². The Morgan fingerprint density at radius 2 is 1.80 bits per heavy atom. The van der Waals surface area contributed by atoms with Crippen molar-refractivity contribution < 1.29 is 19.1 Å². The average Bonchev–Trinajstić information content (AvgIpc) is 2.91. The van der Waals surface area contributed by atoms with Crippen molar-refractivity contribution in [2.45, 2.75) is 19.4 Å². The zero-order valence-electron chi connectivity index (χ0n) is 14.0. The molecule has 0 bridgehead atoms. The molecule has 0 aliphatic carbocycles. The van der Waals surface area contributed by atoms with Gasteiger partial charge in [0.25, 0.3) is 5.91 Å². The second kappa shape index (κ2) is 7.69. The number of rotatable bonds is 3. The first-order chi connectivity index (χ1) is 12.0. The molecule has 8 heteroatoms. The van der Waals surface area contributed by atoms with Crippen LogP contribution in [0.15, 0.2) is 24.3 Å². The molecule has 2 aliphatic rings. The third-order valence-electron chi connectivity index (χ3n) is 4.49. The molecule has 2 aliphatic heterocycles. The molecule has 2 fully saturated rings. The Bertz CT molecular complexity index is 671. The maximum atomic E-state index is 12.8. The summed E-state index contributed by atoms with van der Waals surface area (Å²) >= 11 is 2.18. The van der Waals surface area contributed by atoms with Crippen molar-refractivity contribution in [3.05, 3.63) is 27.8 Å². The average molecular weight is 457 g/mol. The molecule has 0 aromatic heterocycles. The van der Waals surface area contributed by atoms with Crippen molar-refractivity contribution in [3.8, 4) is 0 Å². The number of anilines is 1. The van der Waals surface area contributed by atoms with E-state index in [9.17, 15) is 14.4 Å². The van der Waals surface area contributed by atoms with Crippen LogP contribution in [0.4, 0.5) is 10.5 Å². The van der Waals surface area contributed by atoms with E-state index < -0.39 is 6.04 Å². The molecule has 134 valence electrons. The van der Waals surface area contributed by atoms with E-state index in [1.54, 1.807) is 24.0 Å². The van der Waals surface area contributed by atoms with Gasteiger partial charge in [-0.3, -0.25) is 14.5 Å². The highest BCUT2D eigenvalue weighted by Gasteiger charge is 2.43. The fraction of sp³-hybridized carbons (Fsp3) is 0.471. The highest BCUT2D eigenvalue weighted by molar-refractivity contribution is 14.1. The van der Waals surface area contributed by atoms with Crippen molar-refractivity contribution in [1.82, 2.24) is 9.80 Å². The Kier molecular flexibility index (Phi) is 5.57. The second-order valence-electron chi connectivity index (χ2n) is 5.99. The zero-order chi connectivity index (χ0) is 18.0. The smallest absolute Gasteiger partial charge is 0.409 e. The molecule has 0 saturated carbocycles. The van der Waals surface area contributed by atoms with Crippen LogP contribution in [0.5, 0.6) is 0 Å². The summed E-state index contributed by atoms with van der Waals surface area (Å²) in [4.78, 5) is 41.8. The summed E-state index contributed by atoms with van der Waals surface area (Å²) in [7, 11) is 0. The number of carbonyl (C=O) groups excluding carboxylic acids is 3. The lowest BCUT2D eigenvalue weighted by Crippen LogP contribution is -2.54. The summed E-state index contributed by atoms with van der Waals surface area (Å²) in [6, 6.07) is 6.89. The molecular formula is C17H20IN3O4. The number of benzene rings is 1. The quantitative estimate of drug-likeness (QED) is 0.511. The number of nitrogens with zero attached hydrogens (tertiary/aromatic N) is 3. The number of amides is 3. The van der Waals surface area contributed by atoms with Crippen LogP contribution in [0.3, 0.4) is 0 Å². The topological polar surface area (TPSA) is 70.2 Å². The molecule has 2 saturated heterocycles. The molecule has 1 aromatic carbocycles. The van der Waals surface area contributed by atoms with Crippen molar-refractivity contribution in [1.29, 1.82) is 0 Å². The van der Waals surface area contributed by atoms with E-state index in [4.69, 9.17) is 4.74 Å². The molecule has 1 unspecified atom stereocenters. The molecule has 0 radical (unpaired) electrons. The van der Waals surface area contributed by atoms with Crippen LogP contribution in [-0.4, -0.2) is 66.5 Å². The van der Waals surface area contributed by atoms with Crippen LogP contribution in [0, 0.1) is 3.57 Å². The predicted octanol–water partition coefficient (Wildman–Crippen LogP) is 1.70. The summed E-state index contributed by atoms with van der Waals surface area (Å²) in [6.45, 7) is 4.24. The first-order valence-corrected chi connectivity index (χ1v) is 9.37. The van der Waals surface area contributed by atoms with Gasteiger partial charge in [0, 0.05) is 29.7 Å². The Morgan fingerprint density at radius 1 is 1.16 bits per heavy atom. The zero-order valence-corrected chi connectivity index (χ0v) is 16.1. The SMILES string of the molecule is CCOC(=O)N1CCN(C2CC(=O)N(c3ccc(I)cc3)C2=O)CC1. The standard InChI is InChI=1S/C17H20IN3O4/c1-2-25-17(24)20-9-7-19(8-10-20)14-11-15(22)21(16(14)23)13-5-3-12(18)4-6-13/h3-6,14H,2,7-11H2,1H3. The first kappa shape index (κ1) is 18.1. The van der Waals surface area contributed by atoms with Crippen LogP contribution >= 0.6 is 22.6 Å². The summed E-state index contributed by atoms with van der Waals surface area (Å²) in [6.07, 6.45) is -0.138. The van der Waals surface area contributed by atoms with E-state index in [-0.39, 0.29) is 24.3 Å². The molecule has 3 rings (SSSR count). The number of halogens is 1. The summed E-state index contributed by atoms with van der Waals surface area (Å²) in [5, 5.41) is 0. The molecule has 0 spiro atoms. The molecule has 1 aromatic rings. The summed E-state index contributed by atoms with van der Waals surface area (Å²) < 4.78 is 6.05. The van der Waals surface area contributed by atoms with Crippen molar-refractivity contribution in [2.24, 2.45) is 0 Å². The van der Waals surface area contributed by atoms with Gasteiger partial charge in [-0.05, 0) is 53.8 Å². The number of ether oxygens (including phenoxy) is 1. The fourth-order valence-electron chi connectivity index (χ4n) is 3.19. The van der Waals surface area contributed by atoms with Gasteiger partial charge in [-0.15, -0.1) is 0 Å². The Hall–Kier alpha value is -1.68. The van der Waals surface area contributed by atoms with Gasteiger partial charge in [0.2, 0.25) is 5.91 Å². The predicted molar refractivity (Wildman–Crippen MR) is 100 cm³/mol. The normalized spacial score (nSPS) is 21.8. The Balaban J connectivity index is 1.65. The van der Waals surface area contributed by atoms with E-state index >= 15 is 0 Å². The monoisotopic (exact) mass is 457 g/mol. The van der Waals surface area contributed by atoms with Crippen molar-refractivity contribution in [2.75, 3.05) is 37.7 Å². The minimum Gasteiger partial charge on any atom is -0.450 e. The largest absolute Gasteiger partial charge is 0.450 e. The van der Waals surface area contributed by atoms with Gasteiger partial charge in [0.05, 0.1) is 24.8 Å². The molecule has 2 heterocycles. The number of imide groups is 1. The van der Waals surface area contributed by atoms with Gasteiger partial charge >= 0.3 is 6.09 Å². The van der Waals surface area contributed by atoms with Gasteiger partial charge in [0.15, 0.2) is 0 Å². The third-order valence-corrected chi connectivity index (χ3v) is 5.21. The van der Waals surface area contributed by atoms with Gasteiger partial charge in [-0.25, -0.2) is 9.69 Å². The van der Waals surface area contributed by atoms with Crippen molar-refractivity contribution >= 4 is 46.2 Å². The minimum absolute atomic E-state index is 0.177. The lowest BCUT2D eigenvalue weighted by molar-refractivity contribution is -0.123. The molecule has 25 heavy (non-hydrogen) atoms. The Morgan fingerprint density at radius 3 is 2.40 bits per heavy atom. The van der Waals surface area contributed by atoms with E-state index in [2.05, 4.69) is 22.6 Å². The molecule has 0 N–H and O–H groups in total. The van der Waals surface area contributed by atoms with Gasteiger partial charge in [-0.1, -0.05) is 0 Å². The number of hydrogen-bond acceptors (Lipinski definition) is 5. The first-order valence-electron chi connectivity index (χ1n) is 8.29. The second-order valence-corrected chi connectivity index (χ2v) is 7.23. The number of carbonyl (C=O) groups is 3. The van der Waals surface area contributed by atoms with E-state index in [0.29, 0.717) is 38.5 Å². The molecule has 1 atom stereocenters. The highest BCUT2D eigenvalue weighted by Crippen LogP contribution is 2.27. The number of hydrogen-bond donors (Lipinski definition) is 0. The third kappa shape index (κ3) is 3.79. The maximum Gasteiger partial charge on any atom is 0.409 e. The van der Waals surface area contributed by atoms with Crippen LogP contribution < -0.4 is 4.90 Å². The fourth-order valence-corrected chi connectivity index (χ4v) is 3.55. The molecule has 7 nitrogen and oxygen atoms in total. The molecule has 3 amide bonds. The lowest BCUT2D eigenvalue weighted by atomic mass is 10.2. The van der Waals surface area contributed by atoms with Crippen LogP contribution in [-0.2, 0) is 14.3 Å². The van der Waals surface area contributed by atoms with E-state index in [1.807, 2.05) is 17.0 Å². The molecular weight excluding hydrogens is 437 g/mol. The minimum atomic E-state index is -0.448. The van der Waals surface area contributed by atoms with Gasteiger partial charge < -0.3 is 9.64 Å². The Labute approximate surface area is 160 Å². The van der Waals surface area contributed by atoms with Crippen LogP contribution in [0.2, 0.25) is 0 Å². The highest BCUT2D eigenvalue weighted by atomic mass is 127. The number of piperazine rings is 1. The van der Waals surface area contributed by atoms with E-state index in [1.165, 1.54) is 4.90 Å². The van der Waals surface area contributed by atoms with Crippen LogP contribution in [0.25, 0.3) is 0 Å². The van der Waals surface area contributed by atoms with Gasteiger partial charge in [0.1, 0.15) is 0 Å². The maximum absolute atomic E-state index is 12.8. The summed E-state index contributed by atoms with van der Waals surface area (Å²) in [5.74, 6) is -0.361. The van der Waals surface area contributed by atoms with Crippen molar-refractivity contribution in [3.63, 3.8) is 0 Å². The van der Waals surface area contributed by atoms with Gasteiger partial charge in [-0.2, -0.15) is 0 Å².